The van der Waals surface area contributed by atoms with Crippen LogP contribution in [0, 0.1) is 0 Å². The van der Waals surface area contributed by atoms with Crippen LogP contribution in [-0.4, -0.2) is 12.6 Å². The third-order valence-corrected chi connectivity index (χ3v) is 17.1. The smallest absolute Gasteiger partial charge is 0.304 e. The molecule has 65 heavy (non-hydrogen) atoms. The van der Waals surface area contributed by atoms with Crippen LogP contribution in [0.5, 0.6) is 0 Å². The lowest BCUT2D eigenvalue weighted by molar-refractivity contribution is -0.715. The molecule has 322 valence electrons. The average molecular weight is 866 g/mol. The first kappa shape index (κ1) is 40.2. The highest BCUT2D eigenvalue weighted by Gasteiger charge is 2.53. The fourth-order valence-corrected chi connectivity index (χ4v) is 13.8. The van der Waals surface area contributed by atoms with E-state index < -0.39 is 8.07 Å². The predicted octanol–water partition coefficient (Wildman–Crippen LogP) is 14.5. The monoisotopic (exact) mass is 865 g/mol. The van der Waals surface area contributed by atoms with E-state index in [2.05, 4.69) is 215 Å². The summed E-state index contributed by atoms with van der Waals surface area (Å²) in [5, 5.41) is 3.92. The van der Waals surface area contributed by atoms with Crippen molar-refractivity contribution in [2.24, 2.45) is 0 Å². The lowest BCUT2D eigenvalue weighted by Gasteiger charge is -2.30. The van der Waals surface area contributed by atoms with Gasteiger partial charge in [-0.1, -0.05) is 152 Å². The minimum Gasteiger partial charge on any atom is -0.455 e. The van der Waals surface area contributed by atoms with Gasteiger partial charge in [-0.2, -0.15) is 13.7 Å². The summed E-state index contributed by atoms with van der Waals surface area (Å²) in [7, 11) is -1.71. The molecule has 5 heterocycles. The van der Waals surface area contributed by atoms with Crippen LogP contribution in [-0.2, 0) is 6.42 Å². The number of imidazole rings is 1. The molecule has 2 unspecified atom stereocenters. The number of hydrogen-bond donors (Lipinski definition) is 0. The molecule has 0 fully saturated rings. The van der Waals surface area contributed by atoms with Crippen LogP contribution in [0.1, 0.15) is 105 Å². The molecular formula is C60H59N3OSi+2. The Kier molecular flexibility index (Phi) is 9.04. The quantitative estimate of drug-likeness (QED) is 0.121. The first-order chi connectivity index (χ1) is 31.4. The maximum atomic E-state index is 7.14. The SMILES string of the molecule is CC(C)c1cc2[n+](cc1[Si](C)(C)C)C1CC3=C(Cc4ccc5c(oc6ccccc65)c4-c4n(-c5c(C(C)C)cc(-c6ccccc6)cc5C(C)C)c5ccccc5[n+]43)C1c1ccccc1-2. The molecule has 0 amide bonds. The molecule has 3 aromatic heterocycles. The number of allylic oxidation sites excluding steroid dienone is 2. The average Bonchev–Trinajstić information content (AvgIpc) is 3.95. The fourth-order valence-electron chi connectivity index (χ4n) is 12.1. The molecule has 5 heteroatoms. The fraction of sp³-hybridized carbons (Fsp3) is 0.267. The van der Waals surface area contributed by atoms with Gasteiger partial charge in [0.2, 0.25) is 5.69 Å². The van der Waals surface area contributed by atoms with E-state index in [1.54, 1.807) is 5.19 Å². The molecule has 3 aliphatic rings. The van der Waals surface area contributed by atoms with E-state index in [9.17, 15) is 0 Å². The third kappa shape index (κ3) is 5.93. The van der Waals surface area contributed by atoms with Gasteiger partial charge in [0.25, 0.3) is 0 Å². The number of rotatable bonds is 6. The van der Waals surface area contributed by atoms with Gasteiger partial charge in [-0.25, -0.2) is 0 Å². The van der Waals surface area contributed by atoms with E-state index in [-0.39, 0.29) is 23.8 Å². The summed E-state index contributed by atoms with van der Waals surface area (Å²) < 4.78 is 15.3. The Balaban J connectivity index is 1.22. The zero-order valence-electron chi connectivity index (χ0n) is 39.3. The summed E-state index contributed by atoms with van der Waals surface area (Å²) in [6.07, 6.45) is 4.41. The van der Waals surface area contributed by atoms with Crippen molar-refractivity contribution in [3.05, 3.63) is 173 Å². The predicted molar refractivity (Wildman–Crippen MR) is 272 cm³/mol. The summed E-state index contributed by atoms with van der Waals surface area (Å²) in [6.45, 7) is 21.8. The number of fused-ring (bicyclic) bond motifs is 17. The Bertz CT molecular complexity index is 3440. The molecular weight excluding hydrogens is 807 g/mol. The second-order valence-electron chi connectivity index (χ2n) is 21.1. The van der Waals surface area contributed by atoms with E-state index in [1.807, 2.05) is 0 Å². The van der Waals surface area contributed by atoms with Gasteiger partial charge < -0.3 is 4.42 Å². The number of para-hydroxylation sites is 3. The van der Waals surface area contributed by atoms with Crippen molar-refractivity contribution in [1.29, 1.82) is 0 Å². The first-order valence-corrected chi connectivity index (χ1v) is 27.5. The molecule has 2 aliphatic heterocycles. The molecule has 0 bridgehead atoms. The van der Waals surface area contributed by atoms with Gasteiger partial charge in [0.1, 0.15) is 22.5 Å². The molecule has 0 N–H and O–H groups in total. The number of furan rings is 1. The van der Waals surface area contributed by atoms with Gasteiger partial charge in [-0.05, 0) is 94.0 Å². The van der Waals surface area contributed by atoms with Crippen LogP contribution in [0.15, 0.2) is 150 Å². The molecule has 0 radical (unpaired) electrons. The second kappa shape index (κ2) is 14.6. The summed E-state index contributed by atoms with van der Waals surface area (Å²) >= 11 is 0. The van der Waals surface area contributed by atoms with Gasteiger partial charge in [-0.15, -0.1) is 0 Å². The van der Waals surface area contributed by atoms with Crippen molar-refractivity contribution in [1.82, 2.24) is 4.57 Å². The number of nitrogens with zero attached hydrogens (tertiary/aromatic N) is 3. The summed E-state index contributed by atoms with van der Waals surface area (Å²) in [4.78, 5) is 0. The van der Waals surface area contributed by atoms with Crippen LogP contribution >= 0.6 is 0 Å². The second-order valence-corrected chi connectivity index (χ2v) is 26.1. The molecule has 0 saturated heterocycles. The van der Waals surface area contributed by atoms with Crippen LogP contribution in [0.3, 0.4) is 0 Å². The highest BCUT2D eigenvalue weighted by Crippen LogP contribution is 2.55. The van der Waals surface area contributed by atoms with Gasteiger partial charge in [0.05, 0.1) is 26.0 Å². The molecule has 12 rings (SSSR count). The molecule has 4 nitrogen and oxygen atoms in total. The van der Waals surface area contributed by atoms with Gasteiger partial charge in [0.15, 0.2) is 28.9 Å². The summed E-state index contributed by atoms with van der Waals surface area (Å²) in [6, 6.07) is 50.7. The van der Waals surface area contributed by atoms with Crippen molar-refractivity contribution < 1.29 is 13.6 Å². The highest BCUT2D eigenvalue weighted by molar-refractivity contribution is 6.89. The minimum absolute atomic E-state index is 0.223. The largest absolute Gasteiger partial charge is 0.455 e. The Morgan fingerprint density at radius 3 is 2.08 bits per heavy atom. The van der Waals surface area contributed by atoms with Gasteiger partial charge in [-0.3, -0.25) is 0 Å². The topological polar surface area (TPSA) is 25.8 Å². The third-order valence-electron chi connectivity index (χ3n) is 15.1. The molecule has 1 aliphatic carbocycles. The van der Waals surface area contributed by atoms with Crippen LogP contribution in [0.2, 0.25) is 19.6 Å². The minimum atomic E-state index is -1.71. The van der Waals surface area contributed by atoms with E-state index in [0.717, 1.165) is 29.4 Å². The van der Waals surface area contributed by atoms with Crippen molar-refractivity contribution in [2.75, 3.05) is 0 Å². The molecule has 2 atom stereocenters. The van der Waals surface area contributed by atoms with E-state index in [0.29, 0.717) is 5.92 Å². The van der Waals surface area contributed by atoms with Gasteiger partial charge in [0, 0.05) is 33.2 Å². The number of benzene rings is 6. The van der Waals surface area contributed by atoms with Gasteiger partial charge >= 0.3 is 5.82 Å². The van der Waals surface area contributed by atoms with Crippen molar-refractivity contribution in [3.8, 4) is 39.5 Å². The number of aromatic nitrogens is 3. The normalized spacial score (nSPS) is 16.6. The van der Waals surface area contributed by atoms with Crippen LogP contribution in [0.4, 0.5) is 0 Å². The van der Waals surface area contributed by atoms with E-state index >= 15 is 0 Å². The molecule has 9 aromatic rings. The molecule has 6 aromatic carbocycles. The lowest BCUT2D eigenvalue weighted by atomic mass is 9.79. The zero-order valence-corrected chi connectivity index (χ0v) is 40.3. The Labute approximate surface area is 384 Å². The zero-order chi connectivity index (χ0) is 44.6. The first-order valence-electron chi connectivity index (χ1n) is 24.0. The lowest BCUT2D eigenvalue weighted by Crippen LogP contribution is -2.53. The summed E-state index contributed by atoms with van der Waals surface area (Å²) in [5.41, 5.74) is 22.1. The Hall–Kier alpha value is -6.30. The van der Waals surface area contributed by atoms with Crippen LogP contribution in [0.25, 0.3) is 78.1 Å². The van der Waals surface area contributed by atoms with E-state index in [4.69, 9.17) is 4.42 Å². The molecule has 0 saturated carbocycles. The highest BCUT2D eigenvalue weighted by atomic mass is 28.3. The summed E-state index contributed by atoms with van der Waals surface area (Å²) in [5.74, 6) is 2.41. The van der Waals surface area contributed by atoms with Crippen LogP contribution < -0.4 is 14.3 Å². The van der Waals surface area contributed by atoms with Crippen molar-refractivity contribution >= 4 is 51.9 Å². The van der Waals surface area contributed by atoms with Crippen molar-refractivity contribution in [3.63, 3.8) is 0 Å². The number of hydrogen-bond acceptors (Lipinski definition) is 1. The maximum absolute atomic E-state index is 7.14. The van der Waals surface area contributed by atoms with E-state index in [1.165, 1.54) is 95.0 Å². The van der Waals surface area contributed by atoms with Crippen molar-refractivity contribution in [2.45, 2.75) is 104 Å². The maximum Gasteiger partial charge on any atom is 0.304 e. The standard InChI is InChI=1S/C60H59N3OSi/c1-35(2)45-32-51-41-21-13-14-23-43(41)57-48-29-39-27-28-44-42-22-15-18-26-54(42)64-59(44)56(39)60-62(52(48)33-53(57)61(51)34-55(45)65(7,8)9)49-24-16-17-25-50(49)63(60)58-46(36(3)4)30-40(31-47(58)37(5)6)38-19-11-10-12-20-38/h10-28,30-32,34-37,53,57H,29,33H2,1-9H3/q+2. The molecule has 0 spiro atoms. The Morgan fingerprint density at radius 2 is 1.34 bits per heavy atom. The number of pyridine rings is 1. The Morgan fingerprint density at radius 1 is 0.662 bits per heavy atom.